The Labute approximate surface area is 99.6 Å². The molecule has 1 atom stereocenters. The molecule has 14 heavy (non-hydrogen) atoms. The van der Waals surface area contributed by atoms with E-state index in [9.17, 15) is 4.79 Å². The molecule has 0 fully saturated rings. The maximum Gasteiger partial charge on any atom is 0.177 e. The SMILES string of the molecule is CC(Br)C(=O)c1cc(CO)ccc1Br. The molecule has 1 N–H and O–H groups in total. The van der Waals surface area contributed by atoms with Crippen molar-refractivity contribution in [3.05, 3.63) is 33.8 Å². The van der Waals surface area contributed by atoms with E-state index in [4.69, 9.17) is 5.11 Å². The molecule has 0 bridgehead atoms. The van der Waals surface area contributed by atoms with Crippen molar-refractivity contribution in [3.8, 4) is 0 Å². The second-order valence-electron chi connectivity index (χ2n) is 2.95. The molecule has 0 saturated heterocycles. The van der Waals surface area contributed by atoms with Crippen LogP contribution < -0.4 is 0 Å². The number of aliphatic hydroxyl groups is 1. The van der Waals surface area contributed by atoms with Gasteiger partial charge in [-0.25, -0.2) is 0 Å². The molecule has 0 aliphatic rings. The quantitative estimate of drug-likeness (QED) is 0.686. The van der Waals surface area contributed by atoms with E-state index in [1.807, 2.05) is 0 Å². The monoisotopic (exact) mass is 320 g/mol. The number of halogens is 2. The molecule has 0 aromatic heterocycles. The van der Waals surface area contributed by atoms with E-state index < -0.39 is 0 Å². The lowest BCUT2D eigenvalue weighted by Crippen LogP contribution is -2.11. The maximum atomic E-state index is 11.7. The minimum Gasteiger partial charge on any atom is -0.392 e. The summed E-state index contributed by atoms with van der Waals surface area (Å²) in [6.45, 7) is 1.73. The molecule has 1 unspecified atom stereocenters. The van der Waals surface area contributed by atoms with Gasteiger partial charge in [0.25, 0.3) is 0 Å². The number of rotatable bonds is 3. The standard InChI is InChI=1S/C10H10Br2O2/c1-6(11)10(14)8-4-7(5-13)2-3-9(8)12/h2-4,6,13H,5H2,1H3. The lowest BCUT2D eigenvalue weighted by Gasteiger charge is -2.07. The van der Waals surface area contributed by atoms with Crippen LogP contribution in [0.5, 0.6) is 0 Å². The Morgan fingerprint density at radius 2 is 2.21 bits per heavy atom. The first kappa shape index (κ1) is 11.9. The maximum absolute atomic E-state index is 11.7. The molecule has 1 aromatic carbocycles. The van der Waals surface area contributed by atoms with E-state index >= 15 is 0 Å². The molecule has 2 nitrogen and oxygen atoms in total. The normalized spacial score (nSPS) is 12.6. The molecular formula is C10H10Br2O2. The van der Waals surface area contributed by atoms with Crippen molar-refractivity contribution in [2.75, 3.05) is 0 Å². The number of alkyl halides is 1. The highest BCUT2D eigenvalue weighted by Gasteiger charge is 2.15. The van der Waals surface area contributed by atoms with Crippen LogP contribution in [0, 0.1) is 0 Å². The van der Waals surface area contributed by atoms with Crippen LogP contribution in [-0.4, -0.2) is 15.7 Å². The Bertz CT molecular complexity index is 348. The lowest BCUT2D eigenvalue weighted by molar-refractivity contribution is 0.0995. The van der Waals surface area contributed by atoms with E-state index in [0.717, 1.165) is 10.0 Å². The lowest BCUT2D eigenvalue weighted by atomic mass is 10.1. The van der Waals surface area contributed by atoms with Crippen LogP contribution in [0.1, 0.15) is 22.8 Å². The number of Topliss-reactive ketones (excluding diaryl/α,β-unsaturated/α-hetero) is 1. The predicted octanol–water partition coefficient (Wildman–Crippen LogP) is 2.91. The highest BCUT2D eigenvalue weighted by atomic mass is 79.9. The van der Waals surface area contributed by atoms with Gasteiger partial charge in [-0.05, 0) is 24.6 Å². The Hall–Kier alpha value is -0.190. The van der Waals surface area contributed by atoms with Crippen molar-refractivity contribution in [1.82, 2.24) is 0 Å². The summed E-state index contributed by atoms with van der Waals surface area (Å²) in [5, 5.41) is 8.93. The van der Waals surface area contributed by atoms with E-state index in [2.05, 4.69) is 31.9 Å². The van der Waals surface area contributed by atoms with Crippen molar-refractivity contribution in [2.45, 2.75) is 18.4 Å². The minimum absolute atomic E-state index is 0.00664. The number of hydrogen-bond acceptors (Lipinski definition) is 2. The highest BCUT2D eigenvalue weighted by Crippen LogP contribution is 2.21. The first-order valence-electron chi connectivity index (χ1n) is 4.14. The Balaban J connectivity index is 3.12. The first-order valence-corrected chi connectivity index (χ1v) is 5.84. The van der Waals surface area contributed by atoms with Crippen molar-refractivity contribution in [3.63, 3.8) is 0 Å². The molecule has 1 aromatic rings. The summed E-state index contributed by atoms with van der Waals surface area (Å²) >= 11 is 6.53. The number of aliphatic hydroxyl groups excluding tert-OH is 1. The zero-order valence-electron chi connectivity index (χ0n) is 7.63. The molecule has 0 saturated carbocycles. The molecule has 0 aliphatic heterocycles. The fourth-order valence-corrected chi connectivity index (χ4v) is 1.76. The smallest absolute Gasteiger partial charge is 0.177 e. The zero-order chi connectivity index (χ0) is 10.7. The summed E-state index contributed by atoms with van der Waals surface area (Å²) < 4.78 is 0.756. The molecule has 0 spiro atoms. The van der Waals surface area contributed by atoms with E-state index in [-0.39, 0.29) is 17.2 Å². The summed E-state index contributed by atoms with van der Waals surface area (Å²) in [7, 11) is 0. The molecule has 0 aliphatic carbocycles. The van der Waals surface area contributed by atoms with Gasteiger partial charge in [-0.15, -0.1) is 0 Å². The van der Waals surface area contributed by atoms with Crippen LogP contribution >= 0.6 is 31.9 Å². The highest BCUT2D eigenvalue weighted by molar-refractivity contribution is 9.10. The molecule has 1 rings (SSSR count). The van der Waals surface area contributed by atoms with Gasteiger partial charge in [0.05, 0.1) is 11.4 Å². The molecule has 0 heterocycles. The van der Waals surface area contributed by atoms with Crippen LogP contribution in [0.15, 0.2) is 22.7 Å². The fraction of sp³-hybridized carbons (Fsp3) is 0.300. The second kappa shape index (κ2) is 5.05. The van der Waals surface area contributed by atoms with Gasteiger partial charge in [0.15, 0.2) is 5.78 Å². The Morgan fingerprint density at radius 3 is 2.71 bits per heavy atom. The average Bonchev–Trinajstić information content (AvgIpc) is 2.17. The fourth-order valence-electron chi connectivity index (χ4n) is 1.07. The molecular weight excluding hydrogens is 312 g/mol. The van der Waals surface area contributed by atoms with Crippen LogP contribution in [0.2, 0.25) is 0 Å². The van der Waals surface area contributed by atoms with Gasteiger partial charge in [-0.3, -0.25) is 4.79 Å². The summed E-state index contributed by atoms with van der Waals surface area (Å²) in [6.07, 6.45) is 0. The van der Waals surface area contributed by atoms with Crippen molar-refractivity contribution >= 4 is 37.6 Å². The van der Waals surface area contributed by atoms with E-state index in [1.54, 1.807) is 25.1 Å². The van der Waals surface area contributed by atoms with Crippen molar-refractivity contribution in [1.29, 1.82) is 0 Å². The summed E-state index contributed by atoms with van der Waals surface area (Å²) in [6, 6.07) is 5.25. The number of carbonyl (C=O) groups excluding carboxylic acids is 1. The third-order valence-electron chi connectivity index (χ3n) is 1.84. The number of hydrogen-bond donors (Lipinski definition) is 1. The second-order valence-corrected chi connectivity index (χ2v) is 5.18. The Morgan fingerprint density at radius 1 is 1.57 bits per heavy atom. The van der Waals surface area contributed by atoms with Crippen LogP contribution in [0.4, 0.5) is 0 Å². The number of ketones is 1. The van der Waals surface area contributed by atoms with Crippen LogP contribution in [0.3, 0.4) is 0 Å². The molecule has 4 heteroatoms. The molecule has 0 amide bonds. The zero-order valence-corrected chi connectivity index (χ0v) is 10.8. The van der Waals surface area contributed by atoms with Gasteiger partial charge in [0, 0.05) is 10.0 Å². The van der Waals surface area contributed by atoms with Gasteiger partial charge in [-0.2, -0.15) is 0 Å². The summed E-state index contributed by atoms with van der Waals surface area (Å²) in [5.74, 6) is 0.00664. The average molecular weight is 322 g/mol. The minimum atomic E-state index is -0.215. The van der Waals surface area contributed by atoms with Gasteiger partial charge in [-0.1, -0.05) is 37.9 Å². The van der Waals surface area contributed by atoms with Gasteiger partial charge in [0.2, 0.25) is 0 Å². The predicted molar refractivity (Wildman–Crippen MR) is 62.8 cm³/mol. The molecule has 0 radical (unpaired) electrons. The topological polar surface area (TPSA) is 37.3 Å². The first-order chi connectivity index (χ1) is 6.56. The van der Waals surface area contributed by atoms with E-state index in [0.29, 0.717) is 5.56 Å². The van der Waals surface area contributed by atoms with Crippen molar-refractivity contribution in [2.24, 2.45) is 0 Å². The third-order valence-corrected chi connectivity index (χ3v) is 2.95. The largest absolute Gasteiger partial charge is 0.392 e. The van der Waals surface area contributed by atoms with Crippen molar-refractivity contribution < 1.29 is 9.90 Å². The van der Waals surface area contributed by atoms with E-state index in [1.165, 1.54) is 0 Å². The van der Waals surface area contributed by atoms with Crippen LogP contribution in [0.25, 0.3) is 0 Å². The third kappa shape index (κ3) is 2.65. The molecule has 76 valence electrons. The summed E-state index contributed by atoms with van der Waals surface area (Å²) in [4.78, 5) is 11.5. The van der Waals surface area contributed by atoms with Crippen LogP contribution in [-0.2, 0) is 6.61 Å². The number of carbonyl (C=O) groups is 1. The summed E-state index contributed by atoms with van der Waals surface area (Å²) in [5.41, 5.74) is 1.34. The van der Waals surface area contributed by atoms with Gasteiger partial charge in [0.1, 0.15) is 0 Å². The Kier molecular flexibility index (Phi) is 4.29. The van der Waals surface area contributed by atoms with Gasteiger partial charge >= 0.3 is 0 Å². The van der Waals surface area contributed by atoms with Gasteiger partial charge < -0.3 is 5.11 Å². The number of benzene rings is 1.